The van der Waals surface area contributed by atoms with E-state index in [0.717, 1.165) is 18.2 Å². The smallest absolute Gasteiger partial charge is 0.338 e. The quantitative estimate of drug-likeness (QED) is 0.324. The van der Waals surface area contributed by atoms with Crippen molar-refractivity contribution in [2.75, 3.05) is 13.2 Å². The van der Waals surface area contributed by atoms with E-state index in [4.69, 9.17) is 9.05 Å². The van der Waals surface area contributed by atoms with Crippen LogP contribution in [0.1, 0.15) is 44.5 Å². The van der Waals surface area contributed by atoms with E-state index in [2.05, 4.69) is 5.32 Å². The number of non-ortho nitro benzene ring substituents is 2. The number of nitrogens with zero attached hydrogens (tertiary/aromatic N) is 2. The molecule has 1 rings (SSSR count). The van der Waals surface area contributed by atoms with Gasteiger partial charge in [-0.15, -0.1) is 0 Å². The van der Waals surface area contributed by atoms with Crippen molar-refractivity contribution < 1.29 is 28.3 Å². The summed E-state index contributed by atoms with van der Waals surface area (Å²) in [5.74, 6) is -1.85. The number of amides is 1. The highest BCUT2D eigenvalue weighted by Crippen LogP contribution is 2.53. The summed E-state index contributed by atoms with van der Waals surface area (Å²) in [6.07, 6.45) is 0.250. The van der Waals surface area contributed by atoms with Gasteiger partial charge in [0.2, 0.25) is 0 Å². The van der Waals surface area contributed by atoms with Gasteiger partial charge in [0.05, 0.1) is 34.7 Å². The van der Waals surface area contributed by atoms with Crippen LogP contribution in [-0.2, 0) is 13.6 Å². The Balaban J connectivity index is 3.29. The van der Waals surface area contributed by atoms with Crippen LogP contribution in [0.5, 0.6) is 0 Å². The van der Waals surface area contributed by atoms with E-state index in [1.807, 2.05) is 13.8 Å². The zero-order valence-electron chi connectivity index (χ0n) is 16.1. The van der Waals surface area contributed by atoms with E-state index < -0.39 is 40.5 Å². The van der Waals surface area contributed by atoms with Crippen molar-refractivity contribution in [3.63, 3.8) is 0 Å². The highest BCUT2D eigenvalue weighted by Gasteiger charge is 2.37. The van der Waals surface area contributed by atoms with Gasteiger partial charge in [-0.05, 0) is 26.2 Å². The van der Waals surface area contributed by atoms with Crippen molar-refractivity contribution in [2.24, 2.45) is 5.92 Å². The van der Waals surface area contributed by atoms with Crippen LogP contribution in [0, 0.1) is 26.1 Å². The van der Waals surface area contributed by atoms with Crippen LogP contribution in [-0.4, -0.2) is 34.8 Å². The maximum absolute atomic E-state index is 13.1. The molecule has 0 aromatic heterocycles. The maximum atomic E-state index is 13.1. The van der Waals surface area contributed by atoms with Gasteiger partial charge in [0, 0.05) is 12.1 Å². The first-order valence-electron chi connectivity index (χ1n) is 8.67. The zero-order chi connectivity index (χ0) is 21.5. The standard InChI is InChI=1S/C16H24N3O8P/c1-5-26-28(25,27-6-2)15(7-11(3)4)17-16(20)12-8-13(18(21)22)10-14(9-12)19(23)24/h8-11,15H,5-7H2,1-4H3,(H,17,20). The summed E-state index contributed by atoms with van der Waals surface area (Å²) in [7, 11) is -3.72. The molecule has 11 nitrogen and oxygen atoms in total. The van der Waals surface area contributed by atoms with E-state index >= 15 is 0 Å². The Bertz CT molecular complexity index is 741. The molecule has 0 bridgehead atoms. The Kier molecular flexibility index (Phi) is 8.67. The minimum Gasteiger partial charge on any atom is -0.338 e. The van der Waals surface area contributed by atoms with E-state index in [1.54, 1.807) is 13.8 Å². The Morgan fingerprint density at radius 2 is 1.54 bits per heavy atom. The minimum absolute atomic E-state index is 0.0129. The number of hydrogen-bond acceptors (Lipinski definition) is 8. The molecule has 1 aromatic rings. The molecule has 1 aromatic carbocycles. The number of nitro groups is 2. The fraction of sp³-hybridized carbons (Fsp3) is 0.562. The first-order chi connectivity index (χ1) is 13.0. The van der Waals surface area contributed by atoms with Gasteiger partial charge in [-0.25, -0.2) is 0 Å². The largest absolute Gasteiger partial charge is 0.352 e. The van der Waals surface area contributed by atoms with Gasteiger partial charge in [-0.3, -0.25) is 29.6 Å². The molecule has 0 fully saturated rings. The molecule has 0 aliphatic heterocycles. The lowest BCUT2D eigenvalue weighted by atomic mass is 10.1. The van der Waals surface area contributed by atoms with Crippen molar-refractivity contribution in [3.8, 4) is 0 Å². The summed E-state index contributed by atoms with van der Waals surface area (Å²) in [4.78, 5) is 33.0. The average molecular weight is 417 g/mol. The first-order valence-corrected chi connectivity index (χ1v) is 10.3. The number of nitro benzene ring substituents is 2. The third-order valence-corrected chi connectivity index (χ3v) is 5.92. The van der Waals surface area contributed by atoms with Crippen LogP contribution in [0.15, 0.2) is 18.2 Å². The lowest BCUT2D eigenvalue weighted by molar-refractivity contribution is -0.394. The second-order valence-corrected chi connectivity index (χ2v) is 8.47. The normalized spacial score (nSPS) is 12.6. The summed E-state index contributed by atoms with van der Waals surface area (Å²) in [5, 5.41) is 24.5. The lowest BCUT2D eigenvalue weighted by Gasteiger charge is -2.28. The van der Waals surface area contributed by atoms with Gasteiger partial charge in [0.1, 0.15) is 5.78 Å². The molecule has 0 saturated heterocycles. The molecule has 12 heteroatoms. The SMILES string of the molecule is CCOP(=O)(OCC)C(CC(C)C)NC(=O)c1cc([N+](=O)[O-])cc([N+](=O)[O-])c1. The highest BCUT2D eigenvalue weighted by atomic mass is 31.2. The Hall–Kier alpha value is -2.36. The van der Waals surface area contributed by atoms with Crippen LogP contribution in [0.4, 0.5) is 11.4 Å². The molecule has 0 aliphatic rings. The number of rotatable bonds is 11. The monoisotopic (exact) mass is 417 g/mol. The predicted octanol–water partition coefficient (Wildman–Crippen LogP) is 3.87. The van der Waals surface area contributed by atoms with Gasteiger partial charge in [0.25, 0.3) is 17.3 Å². The second kappa shape index (κ2) is 10.3. The second-order valence-electron chi connectivity index (χ2n) is 6.25. The number of carbonyl (C=O) groups is 1. The van der Waals surface area contributed by atoms with Crippen molar-refractivity contribution in [2.45, 2.75) is 39.9 Å². The molecule has 0 heterocycles. The van der Waals surface area contributed by atoms with Crippen LogP contribution in [0.25, 0.3) is 0 Å². The van der Waals surface area contributed by atoms with Gasteiger partial charge in [-0.1, -0.05) is 13.8 Å². The Labute approximate surface area is 162 Å². The van der Waals surface area contributed by atoms with Crippen LogP contribution >= 0.6 is 7.60 Å². The van der Waals surface area contributed by atoms with Crippen molar-refractivity contribution in [1.82, 2.24) is 5.32 Å². The van der Waals surface area contributed by atoms with Crippen LogP contribution < -0.4 is 5.32 Å². The van der Waals surface area contributed by atoms with Crippen molar-refractivity contribution in [1.29, 1.82) is 0 Å². The number of nitrogens with one attached hydrogen (secondary N) is 1. The van der Waals surface area contributed by atoms with Crippen molar-refractivity contribution >= 4 is 24.9 Å². The lowest BCUT2D eigenvalue weighted by Crippen LogP contribution is -2.37. The summed E-state index contributed by atoms with van der Waals surface area (Å²) < 4.78 is 23.7. The molecule has 0 saturated carbocycles. The summed E-state index contributed by atoms with van der Waals surface area (Å²) in [5.41, 5.74) is -1.50. The number of carbonyl (C=O) groups excluding carboxylic acids is 1. The molecule has 0 radical (unpaired) electrons. The fourth-order valence-electron chi connectivity index (χ4n) is 2.46. The van der Waals surface area contributed by atoms with Gasteiger partial charge >= 0.3 is 7.60 Å². The molecule has 1 unspecified atom stereocenters. The molecule has 1 N–H and O–H groups in total. The molecular weight excluding hydrogens is 393 g/mol. The molecule has 28 heavy (non-hydrogen) atoms. The topological polar surface area (TPSA) is 151 Å². The van der Waals surface area contributed by atoms with E-state index in [1.165, 1.54) is 0 Å². The third-order valence-electron chi connectivity index (χ3n) is 3.58. The third kappa shape index (κ3) is 6.36. The summed E-state index contributed by atoms with van der Waals surface area (Å²) >= 11 is 0. The summed E-state index contributed by atoms with van der Waals surface area (Å²) in [6.45, 7) is 7.13. The zero-order valence-corrected chi connectivity index (χ0v) is 17.0. The maximum Gasteiger partial charge on any atom is 0.352 e. The van der Waals surface area contributed by atoms with Crippen molar-refractivity contribution in [3.05, 3.63) is 44.0 Å². The fourth-order valence-corrected chi connectivity index (χ4v) is 4.57. The average Bonchev–Trinajstić information content (AvgIpc) is 2.60. The molecule has 1 amide bonds. The Morgan fingerprint density at radius 1 is 1.07 bits per heavy atom. The first kappa shape index (κ1) is 23.7. The molecular formula is C16H24N3O8P. The van der Waals surface area contributed by atoms with Gasteiger partial charge in [0.15, 0.2) is 0 Å². The van der Waals surface area contributed by atoms with E-state index in [0.29, 0.717) is 0 Å². The van der Waals surface area contributed by atoms with Gasteiger partial charge < -0.3 is 14.4 Å². The summed E-state index contributed by atoms with van der Waals surface area (Å²) in [6, 6.07) is 2.59. The predicted molar refractivity (Wildman–Crippen MR) is 101 cm³/mol. The molecule has 1 atom stereocenters. The van der Waals surface area contributed by atoms with Crippen LogP contribution in [0.3, 0.4) is 0 Å². The van der Waals surface area contributed by atoms with Crippen LogP contribution in [0.2, 0.25) is 0 Å². The number of hydrogen-bond donors (Lipinski definition) is 1. The Morgan fingerprint density at radius 3 is 1.89 bits per heavy atom. The molecule has 156 valence electrons. The number of benzene rings is 1. The molecule has 0 spiro atoms. The van der Waals surface area contributed by atoms with E-state index in [-0.39, 0.29) is 31.1 Å². The highest BCUT2D eigenvalue weighted by molar-refractivity contribution is 7.54. The van der Waals surface area contributed by atoms with Gasteiger partial charge in [-0.2, -0.15) is 0 Å². The van der Waals surface area contributed by atoms with E-state index in [9.17, 15) is 29.6 Å². The minimum atomic E-state index is -3.72. The molecule has 0 aliphatic carbocycles.